The van der Waals surface area contributed by atoms with Crippen LogP contribution in [-0.2, 0) is 9.53 Å². The van der Waals surface area contributed by atoms with Gasteiger partial charge in [-0.05, 0) is 38.8 Å². The van der Waals surface area contributed by atoms with Crippen LogP contribution in [0.15, 0.2) is 0 Å². The maximum atomic E-state index is 12.0. The monoisotopic (exact) mass is 256 g/mol. The fourth-order valence-electron chi connectivity index (χ4n) is 2.66. The molecule has 0 aromatic carbocycles. The molecular weight excluding hydrogens is 228 g/mol. The third-order valence-electron chi connectivity index (χ3n) is 3.89. The summed E-state index contributed by atoms with van der Waals surface area (Å²) < 4.78 is 4.95. The van der Waals surface area contributed by atoms with E-state index in [1.165, 1.54) is 20.0 Å². The summed E-state index contributed by atoms with van der Waals surface area (Å²) in [7, 11) is 1.47. The fourth-order valence-corrected chi connectivity index (χ4v) is 2.66. The van der Waals surface area contributed by atoms with E-state index in [1.54, 1.807) is 0 Å². The minimum atomic E-state index is -0.576. The Morgan fingerprint density at radius 1 is 1.50 bits per heavy atom. The van der Waals surface area contributed by atoms with Gasteiger partial charge in [0.05, 0.1) is 7.11 Å². The Bertz CT molecular complexity index is 271. The van der Waals surface area contributed by atoms with Crippen LogP contribution in [-0.4, -0.2) is 49.7 Å². The molecule has 2 unspecified atom stereocenters. The van der Waals surface area contributed by atoms with Gasteiger partial charge in [-0.2, -0.15) is 0 Å². The Morgan fingerprint density at radius 2 is 2.22 bits per heavy atom. The number of hydrogen-bond donors (Lipinski definition) is 1. The van der Waals surface area contributed by atoms with Gasteiger partial charge in [0, 0.05) is 13.1 Å². The molecule has 18 heavy (non-hydrogen) atoms. The Labute approximate surface area is 111 Å². The number of methoxy groups -OCH3 is 1. The van der Waals surface area contributed by atoms with Gasteiger partial charge >= 0.3 is 5.97 Å². The third kappa shape index (κ3) is 3.95. The van der Waals surface area contributed by atoms with Gasteiger partial charge < -0.3 is 15.0 Å². The van der Waals surface area contributed by atoms with Gasteiger partial charge in [-0.3, -0.25) is 4.79 Å². The van der Waals surface area contributed by atoms with Crippen LogP contribution in [0.3, 0.4) is 0 Å². The first kappa shape index (κ1) is 15.4. The zero-order valence-corrected chi connectivity index (χ0v) is 12.3. The molecule has 0 spiro atoms. The van der Waals surface area contributed by atoms with Crippen LogP contribution in [0.25, 0.3) is 0 Å². The second-order valence-corrected chi connectivity index (χ2v) is 5.55. The van der Waals surface area contributed by atoms with Crippen LogP contribution in [0.1, 0.15) is 40.0 Å². The first-order chi connectivity index (χ1) is 8.55. The topological polar surface area (TPSA) is 41.6 Å². The summed E-state index contributed by atoms with van der Waals surface area (Å²) in [6, 6.07) is 0. The summed E-state index contributed by atoms with van der Waals surface area (Å²) in [4.78, 5) is 14.3. The Kier molecular flexibility index (Phi) is 6.09. The number of ether oxygens (including phenoxy) is 1. The molecule has 1 aliphatic heterocycles. The van der Waals surface area contributed by atoms with Gasteiger partial charge in [-0.1, -0.05) is 20.3 Å². The van der Waals surface area contributed by atoms with Crippen LogP contribution >= 0.6 is 0 Å². The van der Waals surface area contributed by atoms with E-state index < -0.39 is 5.54 Å². The molecule has 1 fully saturated rings. The van der Waals surface area contributed by atoms with Gasteiger partial charge in [-0.15, -0.1) is 0 Å². The average Bonchev–Trinajstić information content (AvgIpc) is 2.82. The van der Waals surface area contributed by atoms with E-state index in [4.69, 9.17) is 4.74 Å². The van der Waals surface area contributed by atoms with Gasteiger partial charge in [0.25, 0.3) is 0 Å². The molecule has 0 aliphatic carbocycles. The molecule has 1 N–H and O–H groups in total. The summed E-state index contributed by atoms with van der Waals surface area (Å²) in [6.07, 6.45) is 3.50. The SMILES string of the molecule is CCCNC(C)(CN1CCC(CC)C1)C(=O)OC. The molecule has 0 saturated carbocycles. The largest absolute Gasteiger partial charge is 0.468 e. The fraction of sp³-hybridized carbons (Fsp3) is 0.929. The highest BCUT2D eigenvalue weighted by Gasteiger charge is 2.37. The van der Waals surface area contributed by atoms with Crippen molar-refractivity contribution in [3.63, 3.8) is 0 Å². The van der Waals surface area contributed by atoms with Crippen LogP contribution in [0.4, 0.5) is 0 Å². The molecular formula is C14H28N2O2. The van der Waals surface area contributed by atoms with E-state index in [1.807, 2.05) is 6.92 Å². The number of nitrogens with one attached hydrogen (secondary N) is 1. The van der Waals surface area contributed by atoms with Crippen LogP contribution < -0.4 is 5.32 Å². The molecule has 2 atom stereocenters. The lowest BCUT2D eigenvalue weighted by Gasteiger charge is -2.32. The number of rotatable bonds is 7. The van der Waals surface area contributed by atoms with Crippen molar-refractivity contribution < 1.29 is 9.53 Å². The summed E-state index contributed by atoms with van der Waals surface area (Å²) in [6.45, 7) is 10.1. The third-order valence-corrected chi connectivity index (χ3v) is 3.89. The van der Waals surface area contributed by atoms with Crippen LogP contribution in [0.5, 0.6) is 0 Å². The van der Waals surface area contributed by atoms with Gasteiger partial charge in [0.1, 0.15) is 5.54 Å². The molecule has 4 heteroatoms. The lowest BCUT2D eigenvalue weighted by atomic mass is 10.0. The predicted octanol–water partition coefficient (Wildman–Crippen LogP) is 1.65. The van der Waals surface area contributed by atoms with Crippen molar-refractivity contribution in [2.75, 3.05) is 33.3 Å². The number of nitrogens with zero attached hydrogens (tertiary/aromatic N) is 1. The molecule has 0 bridgehead atoms. The maximum absolute atomic E-state index is 12.0. The van der Waals surface area contributed by atoms with Crippen molar-refractivity contribution in [1.29, 1.82) is 0 Å². The second kappa shape index (κ2) is 7.10. The van der Waals surface area contributed by atoms with Crippen molar-refractivity contribution in [3.8, 4) is 0 Å². The van der Waals surface area contributed by atoms with Crippen molar-refractivity contribution >= 4 is 5.97 Å². The Hall–Kier alpha value is -0.610. The van der Waals surface area contributed by atoms with Crippen molar-refractivity contribution in [2.24, 2.45) is 5.92 Å². The van der Waals surface area contributed by atoms with Crippen molar-refractivity contribution in [1.82, 2.24) is 10.2 Å². The molecule has 1 heterocycles. The molecule has 0 aromatic heterocycles. The lowest BCUT2D eigenvalue weighted by Crippen LogP contribution is -2.57. The number of likely N-dealkylation sites (tertiary alicyclic amines) is 1. The van der Waals surface area contributed by atoms with Crippen LogP contribution in [0, 0.1) is 5.92 Å². The molecule has 0 radical (unpaired) electrons. The van der Waals surface area contributed by atoms with Gasteiger partial charge in [0.2, 0.25) is 0 Å². The summed E-state index contributed by atoms with van der Waals surface area (Å²) >= 11 is 0. The highest BCUT2D eigenvalue weighted by molar-refractivity contribution is 5.80. The standard InChI is InChI=1S/C14H28N2O2/c1-5-8-15-14(3,13(17)18-4)11-16-9-7-12(6-2)10-16/h12,15H,5-11H2,1-4H3. The molecule has 106 valence electrons. The summed E-state index contributed by atoms with van der Waals surface area (Å²) in [5.74, 6) is 0.633. The minimum absolute atomic E-state index is 0.157. The maximum Gasteiger partial charge on any atom is 0.327 e. The van der Waals surface area contributed by atoms with Gasteiger partial charge in [-0.25, -0.2) is 0 Å². The van der Waals surface area contributed by atoms with E-state index in [0.717, 1.165) is 38.5 Å². The Morgan fingerprint density at radius 3 is 2.72 bits per heavy atom. The molecule has 1 rings (SSSR count). The molecule has 1 aliphatic rings. The first-order valence-electron chi connectivity index (χ1n) is 7.11. The van der Waals surface area contributed by atoms with Gasteiger partial charge in [0.15, 0.2) is 0 Å². The predicted molar refractivity (Wildman–Crippen MR) is 73.6 cm³/mol. The molecule has 1 saturated heterocycles. The molecule has 0 aromatic rings. The van der Waals surface area contributed by atoms with Crippen molar-refractivity contribution in [3.05, 3.63) is 0 Å². The Balaban J connectivity index is 2.58. The smallest absolute Gasteiger partial charge is 0.327 e. The molecule has 0 amide bonds. The lowest BCUT2D eigenvalue weighted by molar-refractivity contribution is -0.148. The van der Waals surface area contributed by atoms with E-state index in [0.29, 0.717) is 0 Å². The van der Waals surface area contributed by atoms with E-state index >= 15 is 0 Å². The minimum Gasteiger partial charge on any atom is -0.468 e. The zero-order valence-electron chi connectivity index (χ0n) is 12.3. The quantitative estimate of drug-likeness (QED) is 0.703. The number of carbonyl (C=O) groups excluding carboxylic acids is 1. The zero-order chi connectivity index (χ0) is 13.6. The average molecular weight is 256 g/mol. The van der Waals surface area contributed by atoms with E-state index in [-0.39, 0.29) is 5.97 Å². The summed E-state index contributed by atoms with van der Waals surface area (Å²) in [5, 5.41) is 3.34. The molecule has 4 nitrogen and oxygen atoms in total. The number of carbonyl (C=O) groups is 1. The normalized spacial score (nSPS) is 23.9. The number of esters is 1. The van der Waals surface area contributed by atoms with E-state index in [9.17, 15) is 4.79 Å². The summed E-state index contributed by atoms with van der Waals surface area (Å²) in [5.41, 5.74) is -0.576. The highest BCUT2D eigenvalue weighted by Crippen LogP contribution is 2.21. The highest BCUT2D eigenvalue weighted by atomic mass is 16.5. The first-order valence-corrected chi connectivity index (χ1v) is 7.11. The number of hydrogen-bond acceptors (Lipinski definition) is 4. The van der Waals surface area contributed by atoms with E-state index in [2.05, 4.69) is 24.1 Å². The van der Waals surface area contributed by atoms with Crippen LogP contribution in [0.2, 0.25) is 0 Å². The van der Waals surface area contributed by atoms with Crippen molar-refractivity contribution in [2.45, 2.75) is 45.6 Å². The second-order valence-electron chi connectivity index (χ2n) is 5.55.